The lowest BCUT2D eigenvalue weighted by Gasteiger charge is -2.12. The van der Waals surface area contributed by atoms with Crippen LogP contribution in [0.1, 0.15) is 26.8 Å². The van der Waals surface area contributed by atoms with E-state index in [1.165, 1.54) is 11.3 Å². The van der Waals surface area contributed by atoms with Gasteiger partial charge in [-0.3, -0.25) is 9.59 Å². The maximum Gasteiger partial charge on any atom is 0.286 e. The van der Waals surface area contributed by atoms with Crippen LogP contribution in [0, 0.1) is 0 Å². The molecule has 150 valence electrons. The van der Waals surface area contributed by atoms with Crippen molar-refractivity contribution >= 4 is 34.5 Å². The number of nitrogens with one attached hydrogen (secondary N) is 2. The van der Waals surface area contributed by atoms with Gasteiger partial charge in [-0.05, 0) is 29.8 Å². The third kappa shape index (κ3) is 6.11. The molecule has 7 nitrogen and oxygen atoms in total. The highest BCUT2D eigenvalue weighted by atomic mass is 32.1. The number of hydrogen-bond donors (Lipinski definition) is 2. The summed E-state index contributed by atoms with van der Waals surface area (Å²) >= 11 is 1.20. The zero-order valence-corrected chi connectivity index (χ0v) is 17.2. The van der Waals surface area contributed by atoms with Crippen molar-refractivity contribution in [2.75, 3.05) is 24.3 Å². The van der Waals surface area contributed by atoms with Gasteiger partial charge >= 0.3 is 0 Å². The van der Waals surface area contributed by atoms with Gasteiger partial charge in [-0.25, -0.2) is 0 Å². The molecule has 0 atom stereocenters. The molecule has 0 saturated heterocycles. The highest BCUT2D eigenvalue weighted by Crippen LogP contribution is 2.15. The van der Waals surface area contributed by atoms with Gasteiger partial charge in [0, 0.05) is 44.9 Å². The number of carbonyl (C=O) groups is 2. The average Bonchev–Trinajstić information content (AvgIpc) is 3.21. The van der Waals surface area contributed by atoms with E-state index in [2.05, 4.69) is 20.8 Å². The van der Waals surface area contributed by atoms with E-state index in [1.807, 2.05) is 61.5 Å². The number of aromatic nitrogens is 2. The van der Waals surface area contributed by atoms with E-state index in [1.54, 1.807) is 12.1 Å². The summed E-state index contributed by atoms with van der Waals surface area (Å²) in [6, 6.07) is 17.2. The highest BCUT2D eigenvalue weighted by molar-refractivity contribution is 7.13. The zero-order chi connectivity index (χ0) is 20.6. The van der Waals surface area contributed by atoms with Gasteiger partial charge in [0.2, 0.25) is 10.9 Å². The van der Waals surface area contributed by atoms with E-state index in [4.69, 9.17) is 0 Å². The summed E-state index contributed by atoms with van der Waals surface area (Å²) < 4.78 is 0. The minimum Gasteiger partial charge on any atom is -0.378 e. The van der Waals surface area contributed by atoms with E-state index in [0.29, 0.717) is 30.1 Å². The third-order valence-corrected chi connectivity index (χ3v) is 5.18. The van der Waals surface area contributed by atoms with Crippen LogP contribution < -0.4 is 15.5 Å². The molecule has 3 aromatic rings. The molecule has 0 fully saturated rings. The van der Waals surface area contributed by atoms with Crippen molar-refractivity contribution in [1.29, 1.82) is 0 Å². The first-order chi connectivity index (χ1) is 14.0. The van der Waals surface area contributed by atoms with Gasteiger partial charge in [0.15, 0.2) is 0 Å². The van der Waals surface area contributed by atoms with Crippen LogP contribution in [0.2, 0.25) is 0 Å². The molecule has 3 rings (SSSR count). The molecule has 0 bridgehead atoms. The van der Waals surface area contributed by atoms with Crippen molar-refractivity contribution in [1.82, 2.24) is 15.5 Å². The van der Waals surface area contributed by atoms with Crippen LogP contribution in [0.4, 0.5) is 11.4 Å². The number of carbonyl (C=O) groups excluding carboxylic acids is 2. The molecule has 0 aliphatic heterocycles. The summed E-state index contributed by atoms with van der Waals surface area (Å²) in [5.74, 6) is -0.363. The zero-order valence-electron chi connectivity index (χ0n) is 16.4. The highest BCUT2D eigenvalue weighted by Gasteiger charge is 2.14. The van der Waals surface area contributed by atoms with Crippen LogP contribution in [0.5, 0.6) is 0 Å². The number of amides is 2. The fraction of sp³-hybridized carbons (Fsp3) is 0.238. The van der Waals surface area contributed by atoms with Crippen LogP contribution >= 0.6 is 11.3 Å². The van der Waals surface area contributed by atoms with Gasteiger partial charge in [0.25, 0.3) is 5.91 Å². The van der Waals surface area contributed by atoms with Crippen molar-refractivity contribution in [3.63, 3.8) is 0 Å². The Bertz CT molecular complexity index is 955. The predicted molar refractivity (Wildman–Crippen MR) is 115 cm³/mol. The first-order valence-electron chi connectivity index (χ1n) is 9.23. The molecule has 8 heteroatoms. The number of anilines is 2. The second-order valence-corrected chi connectivity index (χ2v) is 7.72. The van der Waals surface area contributed by atoms with E-state index in [-0.39, 0.29) is 16.8 Å². The Labute approximate surface area is 173 Å². The Morgan fingerprint density at radius 3 is 2.41 bits per heavy atom. The summed E-state index contributed by atoms with van der Waals surface area (Å²) in [4.78, 5) is 26.3. The molecular formula is C21H23N5O2S. The van der Waals surface area contributed by atoms with Gasteiger partial charge in [-0.2, -0.15) is 0 Å². The number of para-hydroxylation sites is 1. The number of benzene rings is 2. The number of rotatable bonds is 8. The quantitative estimate of drug-likeness (QED) is 0.597. The summed E-state index contributed by atoms with van der Waals surface area (Å²) in [6.45, 7) is 0.480. The molecular weight excluding hydrogens is 386 g/mol. The molecule has 2 aromatic carbocycles. The van der Waals surface area contributed by atoms with Gasteiger partial charge in [0.05, 0.1) is 0 Å². The van der Waals surface area contributed by atoms with Crippen molar-refractivity contribution in [3.8, 4) is 0 Å². The van der Waals surface area contributed by atoms with Crippen molar-refractivity contribution in [3.05, 3.63) is 70.2 Å². The monoisotopic (exact) mass is 409 g/mol. The summed E-state index contributed by atoms with van der Waals surface area (Å²) in [7, 11) is 3.97. The normalized spacial score (nSPS) is 10.4. The van der Waals surface area contributed by atoms with Crippen molar-refractivity contribution in [2.45, 2.75) is 19.4 Å². The largest absolute Gasteiger partial charge is 0.378 e. The Morgan fingerprint density at radius 1 is 1.00 bits per heavy atom. The summed E-state index contributed by atoms with van der Waals surface area (Å²) in [5.41, 5.74) is 2.86. The van der Waals surface area contributed by atoms with Gasteiger partial charge in [0.1, 0.15) is 5.01 Å². The third-order valence-electron chi connectivity index (χ3n) is 4.20. The standard InChI is InChI=1S/C21H23N5O2S/c1-26(2)17-10-8-15(9-11-17)14-22-18(27)12-13-19-24-25-21(29-19)20(28)23-16-6-4-3-5-7-16/h3-11H,12-14H2,1-2H3,(H,22,27)(H,23,28). The van der Waals surface area contributed by atoms with Gasteiger partial charge < -0.3 is 15.5 Å². The topological polar surface area (TPSA) is 87.2 Å². The fourth-order valence-electron chi connectivity index (χ4n) is 2.57. The second kappa shape index (κ2) is 9.79. The van der Waals surface area contributed by atoms with Crippen molar-refractivity contribution in [2.24, 2.45) is 0 Å². The molecule has 1 aromatic heterocycles. The van der Waals surface area contributed by atoms with Crippen LogP contribution in [0.25, 0.3) is 0 Å². The molecule has 0 spiro atoms. The Kier molecular flexibility index (Phi) is 6.91. The minimum absolute atomic E-state index is 0.0628. The van der Waals surface area contributed by atoms with Gasteiger partial charge in [-0.1, -0.05) is 41.7 Å². The van der Waals surface area contributed by atoms with E-state index < -0.39 is 0 Å². The van der Waals surface area contributed by atoms with Crippen LogP contribution in [-0.2, 0) is 17.8 Å². The lowest BCUT2D eigenvalue weighted by Crippen LogP contribution is -2.23. The lowest BCUT2D eigenvalue weighted by atomic mass is 10.2. The molecule has 1 heterocycles. The Hall–Kier alpha value is -3.26. The Balaban J connectivity index is 1.44. The first-order valence-corrected chi connectivity index (χ1v) is 10.0. The average molecular weight is 410 g/mol. The van der Waals surface area contributed by atoms with Crippen LogP contribution in [0.15, 0.2) is 54.6 Å². The van der Waals surface area contributed by atoms with E-state index >= 15 is 0 Å². The Morgan fingerprint density at radius 2 is 1.72 bits per heavy atom. The molecule has 0 unspecified atom stereocenters. The molecule has 0 aliphatic rings. The lowest BCUT2D eigenvalue weighted by molar-refractivity contribution is -0.121. The minimum atomic E-state index is -0.300. The smallest absolute Gasteiger partial charge is 0.286 e. The first kappa shape index (κ1) is 20.5. The maximum atomic E-state index is 12.2. The molecule has 0 aliphatic carbocycles. The summed E-state index contributed by atoms with van der Waals surface area (Å²) in [5, 5.41) is 14.6. The fourth-order valence-corrected chi connectivity index (χ4v) is 3.31. The molecule has 2 N–H and O–H groups in total. The number of aryl methyl sites for hydroxylation is 1. The molecule has 0 radical (unpaired) electrons. The second-order valence-electron chi connectivity index (χ2n) is 6.66. The van der Waals surface area contributed by atoms with Crippen LogP contribution in [0.3, 0.4) is 0 Å². The molecule has 2 amide bonds. The maximum absolute atomic E-state index is 12.2. The predicted octanol–water partition coefficient (Wildman–Crippen LogP) is 3.11. The number of hydrogen-bond acceptors (Lipinski definition) is 6. The van der Waals surface area contributed by atoms with Crippen LogP contribution in [-0.4, -0.2) is 36.1 Å². The molecule has 0 saturated carbocycles. The SMILES string of the molecule is CN(C)c1ccc(CNC(=O)CCc2nnc(C(=O)Nc3ccccc3)s2)cc1. The van der Waals surface area contributed by atoms with Crippen molar-refractivity contribution < 1.29 is 9.59 Å². The number of nitrogens with zero attached hydrogens (tertiary/aromatic N) is 3. The molecule has 29 heavy (non-hydrogen) atoms. The van der Waals surface area contributed by atoms with E-state index in [9.17, 15) is 9.59 Å². The van der Waals surface area contributed by atoms with E-state index in [0.717, 1.165) is 11.3 Å². The van der Waals surface area contributed by atoms with Gasteiger partial charge in [-0.15, -0.1) is 10.2 Å². The summed E-state index contributed by atoms with van der Waals surface area (Å²) in [6.07, 6.45) is 0.742.